The van der Waals surface area contributed by atoms with Crippen LogP contribution in [0.5, 0.6) is 0 Å². The maximum Gasteiger partial charge on any atom is 0.161 e. The van der Waals surface area contributed by atoms with E-state index in [0.29, 0.717) is 11.4 Å². The van der Waals surface area contributed by atoms with Crippen molar-refractivity contribution in [2.45, 2.75) is 40.0 Å². The Hall–Kier alpha value is -1.43. The summed E-state index contributed by atoms with van der Waals surface area (Å²) in [4.78, 5) is 8.66. The van der Waals surface area contributed by atoms with Crippen molar-refractivity contribution in [2.24, 2.45) is 0 Å². The largest absolute Gasteiger partial charge is 0.253 e. The van der Waals surface area contributed by atoms with Crippen LogP contribution in [0.2, 0.25) is 0 Å². The zero-order valence-electron chi connectivity index (χ0n) is 9.34. The summed E-state index contributed by atoms with van der Waals surface area (Å²) in [6, 6.07) is 2.04. The predicted molar refractivity (Wildman–Crippen MR) is 54.9 cm³/mol. The molecule has 0 N–H and O–H groups in total. The molecule has 0 aliphatic rings. The fourth-order valence-electron chi connectivity index (χ4n) is 1.42. The normalized spacial score (nSPS) is 11.1. The molecule has 14 heavy (non-hydrogen) atoms. The van der Waals surface area contributed by atoms with Gasteiger partial charge >= 0.3 is 0 Å². The number of nitrogens with zero attached hydrogens (tertiary/aromatic N) is 3. The quantitative estimate of drug-likeness (QED) is 0.629. The van der Waals surface area contributed by atoms with E-state index in [0.717, 1.165) is 11.4 Å². The Labute approximate surface area is 84.8 Å². The third-order valence-corrected chi connectivity index (χ3v) is 2.06. The van der Waals surface area contributed by atoms with Gasteiger partial charge in [-0.25, -0.2) is 4.98 Å². The lowest BCUT2D eigenvalue weighted by Gasteiger charge is -2.20. The first-order chi connectivity index (χ1) is 6.36. The van der Waals surface area contributed by atoms with Gasteiger partial charge < -0.3 is 0 Å². The summed E-state index contributed by atoms with van der Waals surface area (Å²) in [5.41, 5.74) is 2.93. The lowest BCUT2D eigenvalue weighted by molar-refractivity contribution is 0.557. The van der Waals surface area contributed by atoms with Gasteiger partial charge in [0.2, 0.25) is 0 Å². The van der Waals surface area contributed by atoms with Crippen LogP contribution < -0.4 is 0 Å². The smallest absolute Gasteiger partial charge is 0.161 e. The van der Waals surface area contributed by atoms with Crippen LogP contribution in [0.25, 0.3) is 0 Å². The molecule has 3 heteroatoms. The van der Waals surface area contributed by atoms with Gasteiger partial charge in [0.25, 0.3) is 0 Å². The monoisotopic (exact) mass is 189 g/mol. The van der Waals surface area contributed by atoms with Gasteiger partial charge in [-0.05, 0) is 13.8 Å². The van der Waals surface area contributed by atoms with Crippen molar-refractivity contribution in [3.05, 3.63) is 22.8 Å². The van der Waals surface area contributed by atoms with E-state index in [4.69, 9.17) is 5.26 Å². The highest BCUT2D eigenvalue weighted by molar-refractivity contribution is 5.30. The Balaban J connectivity index is 3.38. The lowest BCUT2D eigenvalue weighted by atomic mass is 9.90. The zero-order chi connectivity index (χ0) is 10.9. The highest BCUT2D eigenvalue weighted by Crippen LogP contribution is 2.23. The predicted octanol–water partition coefficient (Wildman–Crippen LogP) is 2.26. The molecule has 0 unspecified atom stereocenters. The van der Waals surface area contributed by atoms with Crippen molar-refractivity contribution in [3.8, 4) is 6.07 Å². The third-order valence-electron chi connectivity index (χ3n) is 2.06. The first-order valence-electron chi connectivity index (χ1n) is 4.62. The van der Waals surface area contributed by atoms with E-state index in [-0.39, 0.29) is 5.41 Å². The first-order valence-corrected chi connectivity index (χ1v) is 4.62. The highest BCUT2D eigenvalue weighted by atomic mass is 14.8. The van der Waals surface area contributed by atoms with E-state index in [1.54, 1.807) is 0 Å². The number of nitriles is 1. The minimum atomic E-state index is -0.0180. The fourth-order valence-corrected chi connectivity index (χ4v) is 1.42. The molecule has 0 aliphatic heterocycles. The maximum absolute atomic E-state index is 8.78. The number of hydrogen-bond acceptors (Lipinski definition) is 3. The van der Waals surface area contributed by atoms with Crippen LogP contribution in [-0.2, 0) is 5.41 Å². The highest BCUT2D eigenvalue weighted by Gasteiger charge is 2.20. The van der Waals surface area contributed by atoms with Crippen molar-refractivity contribution in [1.29, 1.82) is 5.26 Å². The second-order valence-electron chi connectivity index (χ2n) is 4.45. The second-order valence-corrected chi connectivity index (χ2v) is 4.45. The molecule has 0 bridgehead atoms. The zero-order valence-corrected chi connectivity index (χ0v) is 9.34. The fraction of sp³-hybridized carbons (Fsp3) is 0.545. The molecule has 0 spiro atoms. The van der Waals surface area contributed by atoms with E-state index in [1.807, 2.05) is 19.9 Å². The molecule has 1 heterocycles. The summed E-state index contributed by atoms with van der Waals surface area (Å²) < 4.78 is 0. The van der Waals surface area contributed by atoms with Crippen LogP contribution >= 0.6 is 0 Å². The topological polar surface area (TPSA) is 49.6 Å². The molecular formula is C11H15N3. The summed E-state index contributed by atoms with van der Waals surface area (Å²) in [6.07, 6.45) is 0. The van der Waals surface area contributed by atoms with E-state index < -0.39 is 0 Å². The Morgan fingerprint density at radius 2 is 1.64 bits per heavy atom. The SMILES string of the molecule is Cc1nc(C(C)(C)C)c(C)nc1C#N. The Morgan fingerprint density at radius 1 is 1.07 bits per heavy atom. The summed E-state index contributed by atoms with van der Waals surface area (Å²) in [5, 5.41) is 8.78. The Kier molecular flexibility index (Phi) is 2.57. The van der Waals surface area contributed by atoms with Gasteiger partial charge in [0.1, 0.15) is 6.07 Å². The molecule has 0 aliphatic carbocycles. The van der Waals surface area contributed by atoms with Gasteiger partial charge in [0.05, 0.1) is 17.1 Å². The Morgan fingerprint density at radius 3 is 2.07 bits per heavy atom. The average Bonchev–Trinajstić information content (AvgIpc) is 2.06. The lowest BCUT2D eigenvalue weighted by Crippen LogP contribution is -2.18. The maximum atomic E-state index is 8.78. The average molecular weight is 189 g/mol. The van der Waals surface area contributed by atoms with Gasteiger partial charge in [-0.1, -0.05) is 20.8 Å². The van der Waals surface area contributed by atoms with Gasteiger partial charge in [0.15, 0.2) is 5.69 Å². The van der Waals surface area contributed by atoms with Gasteiger partial charge in [-0.2, -0.15) is 5.26 Å². The van der Waals surface area contributed by atoms with Crippen LogP contribution in [-0.4, -0.2) is 9.97 Å². The summed E-state index contributed by atoms with van der Waals surface area (Å²) in [6.45, 7) is 9.99. The number of aryl methyl sites for hydroxylation is 2. The van der Waals surface area contributed by atoms with Gasteiger partial charge in [0, 0.05) is 5.41 Å². The van der Waals surface area contributed by atoms with Crippen molar-refractivity contribution < 1.29 is 0 Å². The number of hydrogen-bond donors (Lipinski definition) is 0. The standard InChI is InChI=1S/C11H15N3/c1-7-9(6-12)13-8(2)10(14-7)11(3,4)5/h1-5H3. The molecule has 1 aromatic rings. The molecule has 3 nitrogen and oxygen atoms in total. The molecule has 0 fully saturated rings. The molecular weight excluding hydrogens is 174 g/mol. The summed E-state index contributed by atoms with van der Waals surface area (Å²) >= 11 is 0. The van der Waals surface area contributed by atoms with Gasteiger partial charge in [-0.3, -0.25) is 4.98 Å². The molecule has 74 valence electrons. The molecule has 0 saturated heterocycles. The van der Waals surface area contributed by atoms with Crippen LogP contribution in [0.4, 0.5) is 0 Å². The molecule has 1 rings (SSSR count). The van der Waals surface area contributed by atoms with E-state index >= 15 is 0 Å². The van der Waals surface area contributed by atoms with Crippen LogP contribution in [0.3, 0.4) is 0 Å². The van der Waals surface area contributed by atoms with Crippen molar-refractivity contribution in [3.63, 3.8) is 0 Å². The molecule has 0 aromatic carbocycles. The molecule has 0 atom stereocenters. The van der Waals surface area contributed by atoms with E-state index in [1.165, 1.54) is 0 Å². The van der Waals surface area contributed by atoms with Gasteiger partial charge in [-0.15, -0.1) is 0 Å². The Bertz CT molecular complexity index is 394. The van der Waals surface area contributed by atoms with Crippen LogP contribution in [0, 0.1) is 25.2 Å². The molecule has 0 radical (unpaired) electrons. The van der Waals surface area contributed by atoms with E-state index in [2.05, 4.69) is 30.7 Å². The van der Waals surface area contributed by atoms with Crippen molar-refractivity contribution in [1.82, 2.24) is 9.97 Å². The van der Waals surface area contributed by atoms with Crippen molar-refractivity contribution in [2.75, 3.05) is 0 Å². The second kappa shape index (κ2) is 3.38. The van der Waals surface area contributed by atoms with Crippen LogP contribution in [0.15, 0.2) is 0 Å². The summed E-state index contributed by atoms with van der Waals surface area (Å²) in [7, 11) is 0. The molecule has 0 saturated carbocycles. The van der Waals surface area contributed by atoms with Crippen LogP contribution in [0.1, 0.15) is 43.5 Å². The van der Waals surface area contributed by atoms with Crippen molar-refractivity contribution >= 4 is 0 Å². The third kappa shape index (κ3) is 1.90. The first kappa shape index (κ1) is 10.6. The summed E-state index contributed by atoms with van der Waals surface area (Å²) in [5.74, 6) is 0. The minimum Gasteiger partial charge on any atom is -0.253 e. The molecule has 1 aromatic heterocycles. The number of rotatable bonds is 0. The van der Waals surface area contributed by atoms with E-state index in [9.17, 15) is 0 Å². The number of aromatic nitrogens is 2. The minimum absolute atomic E-state index is 0.0180. The molecule has 0 amide bonds.